The van der Waals surface area contributed by atoms with Crippen LogP contribution in [0.4, 0.5) is 14.5 Å². The number of carboxylic acid groups (broad SMARTS) is 1. The van der Waals surface area contributed by atoms with Crippen LogP contribution in [0.2, 0.25) is 5.02 Å². The Morgan fingerprint density at radius 3 is 2.71 bits per heavy atom. The third-order valence-electron chi connectivity index (χ3n) is 3.15. The number of carbonyl (C=O) groups is 1. The average Bonchev–Trinajstić information content (AvgIpc) is 2.54. The Bertz CT molecular complexity index is 873. The number of rotatable bonds is 3. The van der Waals surface area contributed by atoms with E-state index in [1.54, 1.807) is 0 Å². The average molecular weight is 351 g/mol. The lowest BCUT2D eigenvalue weighted by Gasteiger charge is -2.10. The van der Waals surface area contributed by atoms with Crippen molar-refractivity contribution in [3.8, 4) is 23.1 Å². The number of aromatic nitrogens is 1. The van der Waals surface area contributed by atoms with Crippen molar-refractivity contribution in [2.45, 2.75) is 19.8 Å². The first-order chi connectivity index (χ1) is 11.4. The molecule has 124 valence electrons. The van der Waals surface area contributed by atoms with Gasteiger partial charge in [0.15, 0.2) is 11.5 Å². The van der Waals surface area contributed by atoms with Crippen molar-refractivity contribution in [1.82, 2.24) is 4.98 Å². The number of anilines is 1. The zero-order valence-electron chi connectivity index (χ0n) is 12.7. The Labute approximate surface area is 142 Å². The molecule has 7 heteroatoms. The van der Waals surface area contributed by atoms with Gasteiger partial charge in [-0.25, -0.2) is 18.6 Å². The summed E-state index contributed by atoms with van der Waals surface area (Å²) in [5.74, 6) is 2.30. The summed E-state index contributed by atoms with van der Waals surface area (Å²) < 4.78 is 28.6. The number of nitrogen functional groups attached to an aromatic ring is 1. The van der Waals surface area contributed by atoms with E-state index in [4.69, 9.17) is 22.4 Å². The molecule has 1 aromatic heterocycles. The minimum Gasteiger partial charge on any atom is -0.476 e. The van der Waals surface area contributed by atoms with Gasteiger partial charge in [-0.3, -0.25) is 0 Å². The minimum absolute atomic E-state index is 0.223. The van der Waals surface area contributed by atoms with Crippen molar-refractivity contribution < 1.29 is 18.7 Å². The van der Waals surface area contributed by atoms with Crippen LogP contribution in [0.1, 0.15) is 35.8 Å². The summed E-state index contributed by atoms with van der Waals surface area (Å²) in [5, 5.41) is 8.53. The number of unbranched alkanes of at least 4 members (excludes halogenated alkanes) is 1. The molecule has 24 heavy (non-hydrogen) atoms. The van der Waals surface area contributed by atoms with E-state index in [1.165, 1.54) is 12.1 Å². The summed E-state index contributed by atoms with van der Waals surface area (Å²) in [5.41, 5.74) is 3.92. The highest BCUT2D eigenvalue weighted by atomic mass is 35.5. The molecule has 0 radical (unpaired) electrons. The van der Waals surface area contributed by atoms with Gasteiger partial charge >= 0.3 is 5.97 Å². The second kappa shape index (κ2) is 7.28. The number of halogens is 3. The molecule has 0 saturated heterocycles. The van der Waals surface area contributed by atoms with Gasteiger partial charge in [0.2, 0.25) is 0 Å². The summed E-state index contributed by atoms with van der Waals surface area (Å²) >= 11 is 5.67. The molecule has 3 N–H and O–H groups in total. The molecule has 0 bridgehead atoms. The van der Waals surface area contributed by atoms with Crippen LogP contribution in [0.15, 0.2) is 18.2 Å². The first-order valence-corrected chi connectivity index (χ1v) is 7.41. The lowest BCUT2D eigenvalue weighted by Crippen LogP contribution is -2.08. The summed E-state index contributed by atoms with van der Waals surface area (Å²) in [7, 11) is 0. The molecule has 0 amide bonds. The van der Waals surface area contributed by atoms with Crippen LogP contribution in [0.3, 0.4) is 0 Å². The van der Waals surface area contributed by atoms with Crippen molar-refractivity contribution in [2.24, 2.45) is 0 Å². The number of benzene rings is 1. The summed E-state index contributed by atoms with van der Waals surface area (Å²) in [6.07, 6.45) is 1.56. The number of carboxylic acids is 1. The van der Waals surface area contributed by atoms with E-state index in [0.717, 1.165) is 12.5 Å². The molecular formula is C17H13ClF2N2O2. The highest BCUT2D eigenvalue weighted by Gasteiger charge is 2.23. The van der Waals surface area contributed by atoms with Crippen LogP contribution >= 0.6 is 11.6 Å². The maximum absolute atomic E-state index is 14.3. The van der Waals surface area contributed by atoms with E-state index in [1.807, 2.05) is 6.92 Å². The Morgan fingerprint density at radius 2 is 2.12 bits per heavy atom. The maximum atomic E-state index is 14.3. The molecule has 4 nitrogen and oxygen atoms in total. The van der Waals surface area contributed by atoms with Crippen LogP contribution < -0.4 is 5.73 Å². The number of nitrogens with two attached hydrogens (primary N) is 1. The van der Waals surface area contributed by atoms with Crippen molar-refractivity contribution >= 4 is 23.3 Å². The van der Waals surface area contributed by atoms with Crippen LogP contribution in [-0.2, 0) is 0 Å². The Morgan fingerprint density at radius 1 is 1.42 bits per heavy atom. The van der Waals surface area contributed by atoms with E-state index in [9.17, 15) is 13.6 Å². The second-order valence-corrected chi connectivity index (χ2v) is 5.28. The fourth-order valence-corrected chi connectivity index (χ4v) is 2.16. The van der Waals surface area contributed by atoms with Gasteiger partial charge in [0.25, 0.3) is 0 Å². The van der Waals surface area contributed by atoms with Gasteiger partial charge in [0, 0.05) is 17.5 Å². The fraction of sp³-hybridized carbons (Fsp3) is 0.176. The largest absolute Gasteiger partial charge is 0.476 e. The lowest BCUT2D eigenvalue weighted by molar-refractivity contribution is 0.0691. The molecule has 0 saturated carbocycles. The number of aromatic carboxylic acids is 1. The molecule has 0 aliphatic heterocycles. The smallest absolute Gasteiger partial charge is 0.356 e. The molecule has 0 spiro atoms. The summed E-state index contributed by atoms with van der Waals surface area (Å²) in [6.45, 7) is 1.97. The van der Waals surface area contributed by atoms with Crippen molar-refractivity contribution in [1.29, 1.82) is 0 Å². The molecule has 0 atom stereocenters. The Kier molecular flexibility index (Phi) is 5.37. The third-order valence-corrected chi connectivity index (χ3v) is 3.53. The minimum atomic E-state index is -1.49. The quantitative estimate of drug-likeness (QED) is 0.817. The molecule has 0 aliphatic carbocycles. The number of hydrogen-bond acceptors (Lipinski definition) is 3. The van der Waals surface area contributed by atoms with Crippen LogP contribution in [0.5, 0.6) is 0 Å². The van der Waals surface area contributed by atoms with Crippen LogP contribution in [0, 0.1) is 23.5 Å². The Balaban J connectivity index is 2.57. The van der Waals surface area contributed by atoms with Crippen molar-refractivity contribution in [3.63, 3.8) is 0 Å². The standard InChI is InChI=1S/C17H13ClF2N2O2/c1-2-3-4-5-9-6-7-10(11(19)8-9)15-13(20)14(21)12(18)16(22-15)17(23)24/h6-8H,2-3H2,1H3,(H2,21,22)(H,23,24). The topological polar surface area (TPSA) is 76.2 Å². The molecular weight excluding hydrogens is 338 g/mol. The van der Waals surface area contributed by atoms with E-state index < -0.39 is 39.7 Å². The zero-order valence-corrected chi connectivity index (χ0v) is 13.4. The molecule has 0 aliphatic rings. The van der Waals surface area contributed by atoms with Crippen LogP contribution in [-0.4, -0.2) is 16.1 Å². The maximum Gasteiger partial charge on any atom is 0.356 e. The third kappa shape index (κ3) is 3.47. The predicted octanol–water partition coefficient (Wildman–Crippen LogP) is 4.11. The lowest BCUT2D eigenvalue weighted by atomic mass is 10.1. The molecule has 0 unspecified atom stereocenters. The van der Waals surface area contributed by atoms with Gasteiger partial charge in [-0.05, 0) is 24.6 Å². The number of hydrogen-bond donors (Lipinski definition) is 2. The van der Waals surface area contributed by atoms with Crippen LogP contribution in [0.25, 0.3) is 11.3 Å². The van der Waals surface area contributed by atoms with E-state index in [0.29, 0.717) is 12.0 Å². The second-order valence-electron chi connectivity index (χ2n) is 4.90. The first-order valence-electron chi connectivity index (χ1n) is 7.03. The zero-order chi connectivity index (χ0) is 17.9. The predicted molar refractivity (Wildman–Crippen MR) is 87.8 cm³/mol. The first kappa shape index (κ1) is 17.7. The van der Waals surface area contributed by atoms with Gasteiger partial charge in [0.05, 0.1) is 10.7 Å². The van der Waals surface area contributed by atoms with E-state index in [2.05, 4.69) is 16.8 Å². The van der Waals surface area contributed by atoms with Crippen molar-refractivity contribution in [3.05, 3.63) is 46.1 Å². The highest BCUT2D eigenvalue weighted by molar-refractivity contribution is 6.35. The molecule has 2 aromatic rings. The van der Waals surface area contributed by atoms with Gasteiger partial charge < -0.3 is 10.8 Å². The summed E-state index contributed by atoms with van der Waals surface area (Å²) in [6, 6.07) is 3.90. The normalized spacial score (nSPS) is 10.2. The number of nitrogens with zero attached hydrogens (tertiary/aromatic N) is 1. The van der Waals surface area contributed by atoms with E-state index >= 15 is 0 Å². The van der Waals surface area contributed by atoms with Gasteiger partial charge in [-0.15, -0.1) is 0 Å². The molecule has 0 fully saturated rings. The monoisotopic (exact) mass is 350 g/mol. The van der Waals surface area contributed by atoms with E-state index in [-0.39, 0.29) is 5.56 Å². The van der Waals surface area contributed by atoms with Crippen molar-refractivity contribution in [2.75, 3.05) is 5.73 Å². The fourth-order valence-electron chi connectivity index (χ4n) is 1.96. The van der Waals surface area contributed by atoms with Gasteiger partial charge in [-0.2, -0.15) is 0 Å². The molecule has 1 heterocycles. The molecule has 1 aromatic carbocycles. The Hall–Kier alpha value is -2.65. The highest BCUT2D eigenvalue weighted by Crippen LogP contribution is 2.33. The van der Waals surface area contributed by atoms with Gasteiger partial charge in [0.1, 0.15) is 11.5 Å². The number of pyridine rings is 1. The molecule has 2 rings (SSSR count). The summed E-state index contributed by atoms with van der Waals surface area (Å²) in [4.78, 5) is 14.7. The van der Waals surface area contributed by atoms with Gasteiger partial charge in [-0.1, -0.05) is 30.4 Å². The SMILES string of the molecule is CCCC#Cc1ccc(-c2nc(C(=O)O)c(Cl)c(N)c2F)c(F)c1.